The van der Waals surface area contributed by atoms with Crippen molar-refractivity contribution < 1.29 is 9.50 Å². The molecule has 0 saturated carbocycles. The standard InChI is InChI=1S/C14H21FO/c1-5-14(16,10(2)3)9-12-6-7-13(15)8-11(12)4/h6-8,10,16H,5,9H2,1-4H3. The Morgan fingerprint density at radius 3 is 2.44 bits per heavy atom. The van der Waals surface area contributed by atoms with Gasteiger partial charge >= 0.3 is 0 Å². The molecule has 0 aliphatic heterocycles. The van der Waals surface area contributed by atoms with Crippen molar-refractivity contribution in [3.63, 3.8) is 0 Å². The van der Waals surface area contributed by atoms with Gasteiger partial charge in [0.1, 0.15) is 5.82 Å². The molecule has 1 rings (SSSR count). The highest BCUT2D eigenvalue weighted by molar-refractivity contribution is 5.28. The van der Waals surface area contributed by atoms with Crippen LogP contribution in [0.4, 0.5) is 4.39 Å². The summed E-state index contributed by atoms with van der Waals surface area (Å²) in [6.07, 6.45) is 1.30. The number of aryl methyl sites for hydroxylation is 1. The van der Waals surface area contributed by atoms with E-state index in [1.165, 1.54) is 12.1 Å². The van der Waals surface area contributed by atoms with Crippen LogP contribution in [0.3, 0.4) is 0 Å². The number of rotatable bonds is 4. The predicted molar refractivity (Wildman–Crippen MR) is 64.9 cm³/mol. The molecule has 0 aromatic heterocycles. The number of hydrogen-bond acceptors (Lipinski definition) is 1. The largest absolute Gasteiger partial charge is 0.389 e. The van der Waals surface area contributed by atoms with Gasteiger partial charge in [0.25, 0.3) is 0 Å². The van der Waals surface area contributed by atoms with Crippen LogP contribution in [0, 0.1) is 18.7 Å². The first-order valence-electron chi connectivity index (χ1n) is 5.86. The van der Waals surface area contributed by atoms with Crippen LogP contribution in [0.5, 0.6) is 0 Å². The van der Waals surface area contributed by atoms with E-state index in [4.69, 9.17) is 0 Å². The van der Waals surface area contributed by atoms with Gasteiger partial charge in [-0.1, -0.05) is 26.8 Å². The molecule has 0 aliphatic carbocycles. The van der Waals surface area contributed by atoms with Gasteiger partial charge in [-0.25, -0.2) is 4.39 Å². The van der Waals surface area contributed by atoms with Crippen LogP contribution in [0.25, 0.3) is 0 Å². The van der Waals surface area contributed by atoms with Crippen molar-refractivity contribution >= 4 is 0 Å². The fourth-order valence-electron chi connectivity index (χ4n) is 1.92. The smallest absolute Gasteiger partial charge is 0.123 e. The Morgan fingerprint density at radius 2 is 2.00 bits per heavy atom. The molecule has 0 amide bonds. The maximum Gasteiger partial charge on any atom is 0.123 e. The zero-order chi connectivity index (χ0) is 12.3. The summed E-state index contributed by atoms with van der Waals surface area (Å²) in [6, 6.07) is 4.75. The summed E-state index contributed by atoms with van der Waals surface area (Å²) in [6.45, 7) is 7.90. The third-order valence-corrected chi connectivity index (χ3v) is 3.49. The molecule has 0 radical (unpaired) electrons. The fraction of sp³-hybridized carbons (Fsp3) is 0.571. The van der Waals surface area contributed by atoms with Crippen molar-refractivity contribution in [1.82, 2.24) is 0 Å². The van der Waals surface area contributed by atoms with E-state index >= 15 is 0 Å². The first-order chi connectivity index (χ1) is 7.39. The van der Waals surface area contributed by atoms with E-state index in [2.05, 4.69) is 0 Å². The molecule has 1 unspecified atom stereocenters. The maximum absolute atomic E-state index is 13.0. The van der Waals surface area contributed by atoms with Crippen molar-refractivity contribution in [3.05, 3.63) is 35.1 Å². The lowest BCUT2D eigenvalue weighted by Gasteiger charge is -2.31. The van der Waals surface area contributed by atoms with Crippen LogP contribution in [-0.4, -0.2) is 10.7 Å². The Bertz CT molecular complexity index is 360. The van der Waals surface area contributed by atoms with Crippen molar-refractivity contribution in [2.24, 2.45) is 5.92 Å². The first kappa shape index (κ1) is 13.2. The topological polar surface area (TPSA) is 20.2 Å². The van der Waals surface area contributed by atoms with Gasteiger partial charge in [0.2, 0.25) is 0 Å². The molecule has 0 fully saturated rings. The van der Waals surface area contributed by atoms with Gasteiger partial charge in [-0.15, -0.1) is 0 Å². The Kier molecular flexibility index (Phi) is 4.09. The lowest BCUT2D eigenvalue weighted by Crippen LogP contribution is -2.36. The van der Waals surface area contributed by atoms with Crippen LogP contribution >= 0.6 is 0 Å². The molecule has 90 valence electrons. The maximum atomic E-state index is 13.0. The SMILES string of the molecule is CCC(O)(Cc1ccc(F)cc1C)C(C)C. The van der Waals surface area contributed by atoms with E-state index in [0.717, 1.165) is 11.1 Å². The van der Waals surface area contributed by atoms with E-state index in [1.54, 1.807) is 6.07 Å². The van der Waals surface area contributed by atoms with E-state index in [1.807, 2.05) is 27.7 Å². The normalized spacial score (nSPS) is 15.2. The molecule has 1 atom stereocenters. The summed E-state index contributed by atoms with van der Waals surface area (Å²) in [4.78, 5) is 0. The van der Waals surface area contributed by atoms with Gasteiger partial charge in [-0.2, -0.15) is 0 Å². The van der Waals surface area contributed by atoms with Crippen LogP contribution < -0.4 is 0 Å². The van der Waals surface area contributed by atoms with Crippen molar-refractivity contribution in [2.75, 3.05) is 0 Å². The molecule has 0 spiro atoms. The van der Waals surface area contributed by atoms with E-state index in [-0.39, 0.29) is 11.7 Å². The Hall–Kier alpha value is -0.890. The number of halogens is 1. The van der Waals surface area contributed by atoms with Crippen molar-refractivity contribution in [1.29, 1.82) is 0 Å². The monoisotopic (exact) mass is 224 g/mol. The van der Waals surface area contributed by atoms with Gasteiger partial charge < -0.3 is 5.11 Å². The quantitative estimate of drug-likeness (QED) is 0.830. The summed E-state index contributed by atoms with van der Waals surface area (Å²) in [5, 5.41) is 10.5. The van der Waals surface area contributed by atoms with Gasteiger partial charge in [-0.05, 0) is 42.5 Å². The molecule has 2 heteroatoms. The Balaban J connectivity index is 2.95. The predicted octanol–water partition coefficient (Wildman–Crippen LogP) is 3.47. The molecule has 1 aromatic rings. The third-order valence-electron chi connectivity index (χ3n) is 3.49. The second kappa shape index (κ2) is 4.96. The van der Waals surface area contributed by atoms with Gasteiger partial charge in [-0.3, -0.25) is 0 Å². The second-order valence-corrected chi connectivity index (χ2v) is 4.86. The zero-order valence-corrected chi connectivity index (χ0v) is 10.5. The van der Waals surface area contributed by atoms with Crippen molar-refractivity contribution in [2.45, 2.75) is 46.1 Å². The minimum Gasteiger partial charge on any atom is -0.389 e. The number of benzene rings is 1. The van der Waals surface area contributed by atoms with E-state index in [9.17, 15) is 9.50 Å². The first-order valence-corrected chi connectivity index (χ1v) is 5.86. The highest BCUT2D eigenvalue weighted by atomic mass is 19.1. The van der Waals surface area contributed by atoms with Gasteiger partial charge in [0, 0.05) is 6.42 Å². The lowest BCUT2D eigenvalue weighted by atomic mass is 9.81. The van der Waals surface area contributed by atoms with Crippen LogP contribution in [0.1, 0.15) is 38.3 Å². The van der Waals surface area contributed by atoms with Crippen LogP contribution in [0.15, 0.2) is 18.2 Å². The molecular weight excluding hydrogens is 203 g/mol. The third kappa shape index (κ3) is 2.82. The summed E-state index contributed by atoms with van der Waals surface area (Å²) in [5.41, 5.74) is 1.25. The minimum absolute atomic E-state index is 0.196. The molecule has 0 saturated heterocycles. The minimum atomic E-state index is -0.692. The summed E-state index contributed by atoms with van der Waals surface area (Å²) >= 11 is 0. The average Bonchev–Trinajstić information content (AvgIpc) is 2.22. The molecule has 1 nitrogen and oxygen atoms in total. The molecular formula is C14H21FO. The average molecular weight is 224 g/mol. The molecule has 0 aliphatic rings. The van der Waals surface area contributed by atoms with Crippen LogP contribution in [-0.2, 0) is 6.42 Å². The molecule has 1 N–H and O–H groups in total. The summed E-state index contributed by atoms with van der Waals surface area (Å²) < 4.78 is 13.0. The van der Waals surface area contributed by atoms with E-state index in [0.29, 0.717) is 12.8 Å². The van der Waals surface area contributed by atoms with E-state index < -0.39 is 5.60 Å². The highest BCUT2D eigenvalue weighted by Crippen LogP contribution is 2.27. The number of hydrogen-bond donors (Lipinski definition) is 1. The molecule has 1 aromatic carbocycles. The lowest BCUT2D eigenvalue weighted by molar-refractivity contribution is -0.00842. The van der Waals surface area contributed by atoms with Crippen molar-refractivity contribution in [3.8, 4) is 0 Å². The molecule has 0 bridgehead atoms. The fourth-order valence-corrected chi connectivity index (χ4v) is 1.92. The molecule has 16 heavy (non-hydrogen) atoms. The zero-order valence-electron chi connectivity index (χ0n) is 10.5. The van der Waals surface area contributed by atoms with Gasteiger partial charge in [0.05, 0.1) is 5.60 Å². The Morgan fingerprint density at radius 1 is 1.38 bits per heavy atom. The van der Waals surface area contributed by atoms with Gasteiger partial charge in [0.15, 0.2) is 0 Å². The molecule has 0 heterocycles. The van der Waals surface area contributed by atoms with Crippen LogP contribution in [0.2, 0.25) is 0 Å². The number of aliphatic hydroxyl groups is 1. The second-order valence-electron chi connectivity index (χ2n) is 4.86. The summed E-state index contributed by atoms with van der Waals surface area (Å²) in [5.74, 6) is -0.0206. The summed E-state index contributed by atoms with van der Waals surface area (Å²) in [7, 11) is 0. The highest BCUT2D eigenvalue weighted by Gasteiger charge is 2.29. The Labute approximate surface area is 97.3 Å².